The van der Waals surface area contributed by atoms with Gasteiger partial charge in [-0.15, -0.1) is 0 Å². The second kappa shape index (κ2) is 8.12. The van der Waals surface area contributed by atoms with Gasteiger partial charge in [0.15, 0.2) is 0 Å². The summed E-state index contributed by atoms with van der Waals surface area (Å²) in [4.78, 5) is 37.8. The van der Waals surface area contributed by atoms with Crippen LogP contribution in [0.5, 0.6) is 0 Å². The van der Waals surface area contributed by atoms with Crippen LogP contribution in [0.25, 0.3) is 6.08 Å². The molecular formula is C22H19ClN2O5. The van der Waals surface area contributed by atoms with Crippen LogP contribution in [-0.2, 0) is 14.3 Å². The number of nitro benzene ring substituents is 1. The molecule has 0 N–H and O–H groups in total. The topological polar surface area (TPSA) is 89.8 Å². The lowest BCUT2D eigenvalue weighted by Crippen LogP contribution is -2.24. The summed E-state index contributed by atoms with van der Waals surface area (Å²) < 4.78 is 4.89. The number of non-ortho nitro benzene ring substituents is 1. The molecular weight excluding hydrogens is 408 g/mol. The highest BCUT2D eigenvalue weighted by molar-refractivity contribution is 6.32. The van der Waals surface area contributed by atoms with E-state index < -0.39 is 16.8 Å². The number of methoxy groups -OCH3 is 1. The first-order valence-electron chi connectivity index (χ1n) is 9.02. The minimum Gasteiger partial charge on any atom is -0.465 e. The second-order valence-corrected chi connectivity index (χ2v) is 7.37. The van der Waals surface area contributed by atoms with E-state index in [9.17, 15) is 19.7 Å². The quantitative estimate of drug-likeness (QED) is 0.305. The average Bonchev–Trinajstić information content (AvgIpc) is 2.91. The molecule has 1 heterocycles. The predicted octanol–water partition coefficient (Wildman–Crippen LogP) is 4.74. The third-order valence-electron chi connectivity index (χ3n) is 4.74. The third-order valence-corrected chi connectivity index (χ3v) is 5.09. The zero-order valence-corrected chi connectivity index (χ0v) is 17.6. The fourth-order valence-electron chi connectivity index (χ4n) is 3.48. The summed E-state index contributed by atoms with van der Waals surface area (Å²) in [6, 6.07) is 9.56. The molecule has 2 aromatic rings. The molecule has 0 unspecified atom stereocenters. The number of nitro groups is 1. The Morgan fingerprint density at radius 2 is 1.77 bits per heavy atom. The van der Waals surface area contributed by atoms with Gasteiger partial charge in [-0.2, -0.15) is 0 Å². The molecule has 0 saturated carbocycles. The van der Waals surface area contributed by atoms with Crippen molar-refractivity contribution in [3.05, 3.63) is 85.1 Å². The van der Waals surface area contributed by atoms with E-state index in [1.807, 2.05) is 32.0 Å². The molecule has 0 atom stereocenters. The second-order valence-electron chi connectivity index (χ2n) is 6.96. The van der Waals surface area contributed by atoms with Crippen molar-refractivity contribution in [2.45, 2.75) is 20.8 Å². The molecule has 1 aliphatic rings. The minimum atomic E-state index is -0.680. The molecule has 2 aromatic carbocycles. The molecule has 1 aliphatic heterocycles. The number of hydrogen-bond donors (Lipinski definition) is 0. The van der Waals surface area contributed by atoms with Crippen LogP contribution < -0.4 is 4.90 Å². The Morgan fingerprint density at radius 3 is 2.33 bits per heavy atom. The largest absolute Gasteiger partial charge is 0.465 e. The number of nitrogens with zero attached hydrogens (tertiary/aromatic N) is 2. The normalized spacial score (nSPS) is 15.2. The fourth-order valence-corrected chi connectivity index (χ4v) is 3.65. The number of hydrogen-bond acceptors (Lipinski definition) is 5. The van der Waals surface area contributed by atoms with E-state index in [0.717, 1.165) is 11.1 Å². The highest BCUT2D eigenvalue weighted by atomic mass is 35.5. The van der Waals surface area contributed by atoms with Gasteiger partial charge in [-0.05, 0) is 56.2 Å². The number of carbonyl (C=O) groups is 2. The van der Waals surface area contributed by atoms with Crippen LogP contribution in [0.4, 0.5) is 11.4 Å². The van der Waals surface area contributed by atoms with E-state index >= 15 is 0 Å². The first-order chi connectivity index (χ1) is 14.1. The summed E-state index contributed by atoms with van der Waals surface area (Å²) in [6.07, 6.45) is 1.38. The van der Waals surface area contributed by atoms with Crippen LogP contribution in [-0.4, -0.2) is 23.9 Å². The molecule has 7 nitrogen and oxygen atoms in total. The molecule has 0 bridgehead atoms. The van der Waals surface area contributed by atoms with Crippen LogP contribution in [0.3, 0.4) is 0 Å². The Kier molecular flexibility index (Phi) is 5.75. The average molecular weight is 427 g/mol. The van der Waals surface area contributed by atoms with Gasteiger partial charge in [0.05, 0.1) is 23.2 Å². The van der Waals surface area contributed by atoms with E-state index in [4.69, 9.17) is 16.3 Å². The van der Waals surface area contributed by atoms with Crippen molar-refractivity contribution in [3.63, 3.8) is 0 Å². The Morgan fingerprint density at radius 1 is 1.13 bits per heavy atom. The molecule has 1 amide bonds. The first-order valence-corrected chi connectivity index (χ1v) is 9.39. The van der Waals surface area contributed by atoms with E-state index in [1.165, 1.54) is 36.3 Å². The Bertz CT molecular complexity index is 1130. The fraction of sp³-hybridized carbons (Fsp3) is 0.182. The van der Waals surface area contributed by atoms with Gasteiger partial charge < -0.3 is 4.74 Å². The van der Waals surface area contributed by atoms with Crippen LogP contribution in [0, 0.1) is 24.0 Å². The maximum atomic E-state index is 13.3. The molecule has 0 aliphatic carbocycles. The third kappa shape index (κ3) is 3.84. The maximum Gasteiger partial charge on any atom is 0.340 e. The molecule has 0 saturated heterocycles. The van der Waals surface area contributed by atoms with Crippen molar-refractivity contribution >= 4 is 40.9 Å². The summed E-state index contributed by atoms with van der Waals surface area (Å²) in [6.45, 7) is 5.48. The molecule has 30 heavy (non-hydrogen) atoms. The number of allylic oxidation sites excluding steroid dienone is 1. The Hall–Kier alpha value is -3.45. The smallest absolute Gasteiger partial charge is 0.340 e. The van der Waals surface area contributed by atoms with Crippen molar-refractivity contribution in [2.75, 3.05) is 12.0 Å². The van der Waals surface area contributed by atoms with E-state index in [2.05, 4.69) is 0 Å². The Balaban J connectivity index is 2.21. The lowest BCUT2D eigenvalue weighted by molar-refractivity contribution is -0.384. The summed E-state index contributed by atoms with van der Waals surface area (Å²) >= 11 is 6.20. The van der Waals surface area contributed by atoms with Gasteiger partial charge in [0.2, 0.25) is 0 Å². The van der Waals surface area contributed by atoms with Crippen molar-refractivity contribution in [2.24, 2.45) is 0 Å². The molecule has 0 radical (unpaired) electrons. The molecule has 0 fully saturated rings. The van der Waals surface area contributed by atoms with Gasteiger partial charge in [0.25, 0.3) is 11.6 Å². The van der Waals surface area contributed by atoms with E-state index in [-0.39, 0.29) is 27.4 Å². The SMILES string of the molecule is COC(=O)C1=C(C)N(c2cc(C)cc(C)c2)C(=O)/C1=C\c1cc([N+](=O)[O-])ccc1Cl. The first kappa shape index (κ1) is 21.3. The van der Waals surface area contributed by atoms with Crippen molar-refractivity contribution in [1.82, 2.24) is 0 Å². The number of benzene rings is 2. The maximum absolute atomic E-state index is 13.3. The molecule has 0 spiro atoms. The molecule has 154 valence electrons. The number of anilines is 1. The van der Waals surface area contributed by atoms with Crippen LogP contribution in [0.15, 0.2) is 53.2 Å². The lowest BCUT2D eigenvalue weighted by atomic mass is 10.0. The number of ether oxygens (including phenoxy) is 1. The zero-order chi connectivity index (χ0) is 22.2. The molecule has 0 aromatic heterocycles. The summed E-state index contributed by atoms with van der Waals surface area (Å²) in [5.41, 5.74) is 3.17. The van der Waals surface area contributed by atoms with Crippen molar-refractivity contribution in [1.29, 1.82) is 0 Å². The van der Waals surface area contributed by atoms with Gasteiger partial charge in [-0.3, -0.25) is 19.8 Å². The Labute approximate surface area is 178 Å². The lowest BCUT2D eigenvalue weighted by Gasteiger charge is -2.19. The van der Waals surface area contributed by atoms with Gasteiger partial charge in [-0.25, -0.2) is 4.79 Å². The van der Waals surface area contributed by atoms with Crippen LogP contribution >= 0.6 is 11.6 Å². The molecule has 3 rings (SSSR count). The number of aryl methyl sites for hydroxylation is 2. The molecule has 8 heteroatoms. The standard InChI is InChI=1S/C22H19ClN2O5/c1-12-7-13(2)9-17(8-12)24-14(3)20(22(27)30-4)18(21(24)26)11-15-10-16(25(28)29)5-6-19(15)23/h5-11H,1-4H3/b18-11-. The number of rotatable bonds is 4. The van der Waals surface area contributed by atoms with Gasteiger partial charge in [-0.1, -0.05) is 17.7 Å². The van der Waals surface area contributed by atoms with Gasteiger partial charge >= 0.3 is 5.97 Å². The predicted molar refractivity (Wildman–Crippen MR) is 114 cm³/mol. The monoisotopic (exact) mass is 426 g/mol. The highest BCUT2D eigenvalue weighted by Gasteiger charge is 2.38. The minimum absolute atomic E-state index is 0.0564. The zero-order valence-electron chi connectivity index (χ0n) is 16.9. The van der Waals surface area contributed by atoms with Gasteiger partial charge in [0, 0.05) is 34.1 Å². The van der Waals surface area contributed by atoms with E-state index in [0.29, 0.717) is 11.4 Å². The van der Waals surface area contributed by atoms with Crippen molar-refractivity contribution < 1.29 is 19.2 Å². The summed E-state index contributed by atoms with van der Waals surface area (Å²) in [5.74, 6) is -1.12. The van der Waals surface area contributed by atoms with Crippen LogP contribution in [0.1, 0.15) is 23.6 Å². The van der Waals surface area contributed by atoms with E-state index in [1.54, 1.807) is 6.92 Å². The summed E-state index contributed by atoms with van der Waals surface area (Å²) in [5, 5.41) is 11.3. The number of carbonyl (C=O) groups excluding carboxylic acids is 2. The van der Waals surface area contributed by atoms with Crippen molar-refractivity contribution in [3.8, 4) is 0 Å². The van der Waals surface area contributed by atoms with Crippen LogP contribution in [0.2, 0.25) is 5.02 Å². The van der Waals surface area contributed by atoms with Gasteiger partial charge in [0.1, 0.15) is 0 Å². The number of halogens is 1. The summed E-state index contributed by atoms with van der Waals surface area (Å²) in [7, 11) is 1.23. The number of amides is 1. The highest BCUT2D eigenvalue weighted by Crippen LogP contribution is 2.37. The number of esters is 1.